The summed E-state index contributed by atoms with van der Waals surface area (Å²) in [6, 6.07) is 25.2. The molecule has 1 N–H and O–H groups in total. The van der Waals surface area contributed by atoms with Crippen molar-refractivity contribution in [3.8, 4) is 28.7 Å². The van der Waals surface area contributed by atoms with Crippen LogP contribution in [0, 0.1) is 0 Å². The van der Waals surface area contributed by atoms with Gasteiger partial charge in [0.15, 0.2) is 23.9 Å². The molecule has 0 bridgehead atoms. The number of carbonyl (C=O) groups is 2. The van der Waals surface area contributed by atoms with Crippen LogP contribution in [0.1, 0.15) is 33.6 Å². The normalized spacial score (nSPS) is 12.8. The molecule has 0 fully saturated rings. The molecule has 9 nitrogen and oxygen atoms in total. The molecule has 10 heteroatoms. The lowest BCUT2D eigenvalue weighted by molar-refractivity contribution is -0.119. The Morgan fingerprint density at radius 1 is 0.851 bits per heavy atom. The van der Waals surface area contributed by atoms with Gasteiger partial charge in [0, 0.05) is 10.4 Å². The molecule has 238 valence electrons. The highest BCUT2D eigenvalue weighted by atomic mass is 35.5. The molecule has 1 aliphatic rings. The number of para-hydroxylation sites is 2. The monoisotopic (exact) mass is 650 g/mol. The average molecular weight is 651 g/mol. The van der Waals surface area contributed by atoms with E-state index in [1.807, 2.05) is 60.7 Å². The molecule has 0 unspecified atom stereocenters. The number of hydrogen-bond donors (Lipinski definition) is 1. The number of nitrogens with one attached hydrogen (secondary N) is 1. The van der Waals surface area contributed by atoms with Gasteiger partial charge >= 0.3 is 5.97 Å². The summed E-state index contributed by atoms with van der Waals surface area (Å²) in [5.41, 5.74) is 4.62. The largest absolute Gasteiger partial charge is 0.493 e. The van der Waals surface area contributed by atoms with Gasteiger partial charge in [-0.2, -0.15) is 0 Å². The van der Waals surface area contributed by atoms with Crippen molar-refractivity contribution in [2.45, 2.75) is 12.8 Å². The van der Waals surface area contributed by atoms with Gasteiger partial charge in [-0.25, -0.2) is 9.78 Å². The number of pyridine rings is 1. The van der Waals surface area contributed by atoms with Crippen LogP contribution in [0.5, 0.6) is 28.7 Å². The number of rotatable bonds is 10. The van der Waals surface area contributed by atoms with Gasteiger partial charge in [-0.3, -0.25) is 4.79 Å². The van der Waals surface area contributed by atoms with Crippen molar-refractivity contribution >= 4 is 51.7 Å². The number of halogens is 1. The third-order valence-electron chi connectivity index (χ3n) is 7.69. The number of benzene rings is 4. The average Bonchev–Trinajstić information content (AvgIpc) is 3.48. The molecule has 6 rings (SSSR count). The van der Waals surface area contributed by atoms with Gasteiger partial charge in [-0.15, -0.1) is 0 Å². The van der Waals surface area contributed by atoms with E-state index in [2.05, 4.69) is 5.32 Å². The Hall–Kier alpha value is -5.54. The topological polar surface area (TPSA) is 105 Å². The number of amides is 1. The van der Waals surface area contributed by atoms with E-state index in [0.29, 0.717) is 74.5 Å². The molecule has 0 radical (unpaired) electrons. The Kier molecular flexibility index (Phi) is 9.26. The Labute approximate surface area is 276 Å². The van der Waals surface area contributed by atoms with Crippen molar-refractivity contribution in [1.29, 1.82) is 0 Å². The number of fused-ring (bicyclic) bond motifs is 2. The maximum atomic E-state index is 13.7. The molecule has 1 heterocycles. The van der Waals surface area contributed by atoms with Crippen molar-refractivity contribution < 1.29 is 33.3 Å². The number of methoxy groups -OCH3 is 3. The zero-order chi connectivity index (χ0) is 32.9. The van der Waals surface area contributed by atoms with Crippen LogP contribution >= 0.6 is 11.6 Å². The minimum Gasteiger partial charge on any atom is -0.493 e. The van der Waals surface area contributed by atoms with Crippen molar-refractivity contribution in [3.63, 3.8) is 0 Å². The predicted octanol–water partition coefficient (Wildman–Crippen LogP) is 7.99. The summed E-state index contributed by atoms with van der Waals surface area (Å²) in [6.07, 6.45) is 3.22. The highest BCUT2D eigenvalue weighted by molar-refractivity contribution is 6.31. The maximum absolute atomic E-state index is 13.7. The predicted molar refractivity (Wildman–Crippen MR) is 181 cm³/mol. The molecule has 1 aromatic heterocycles. The Balaban J connectivity index is 1.26. The maximum Gasteiger partial charge on any atom is 0.339 e. The third-order valence-corrected chi connectivity index (χ3v) is 7.93. The van der Waals surface area contributed by atoms with Crippen LogP contribution in [0.15, 0.2) is 84.9 Å². The summed E-state index contributed by atoms with van der Waals surface area (Å²) < 4.78 is 28.1. The first-order valence-electron chi connectivity index (χ1n) is 14.8. The van der Waals surface area contributed by atoms with Crippen molar-refractivity contribution in [2.24, 2.45) is 0 Å². The molecular weight excluding hydrogens is 620 g/mol. The summed E-state index contributed by atoms with van der Waals surface area (Å²) in [5, 5.41) is 3.81. The molecule has 1 aliphatic carbocycles. The molecule has 0 saturated heterocycles. The zero-order valence-corrected chi connectivity index (χ0v) is 26.7. The highest BCUT2D eigenvalue weighted by Crippen LogP contribution is 2.42. The van der Waals surface area contributed by atoms with Crippen LogP contribution in [-0.2, 0) is 16.0 Å². The van der Waals surface area contributed by atoms with Crippen LogP contribution < -0.4 is 24.3 Å². The second-order valence-corrected chi connectivity index (χ2v) is 11.1. The minimum absolute atomic E-state index is 0.347. The lowest BCUT2D eigenvalue weighted by atomic mass is 10.0. The number of allylic oxidation sites excluding steroid dienone is 1. The fourth-order valence-electron chi connectivity index (χ4n) is 5.59. The highest BCUT2D eigenvalue weighted by Gasteiger charge is 2.28. The van der Waals surface area contributed by atoms with Crippen LogP contribution in [-0.4, -0.2) is 44.8 Å². The van der Waals surface area contributed by atoms with Crippen LogP contribution in [0.4, 0.5) is 5.69 Å². The number of anilines is 1. The smallest absolute Gasteiger partial charge is 0.339 e. The fraction of sp³-hybridized carbons (Fsp3) is 0.162. The van der Waals surface area contributed by atoms with Crippen LogP contribution in [0.3, 0.4) is 0 Å². The number of hydrogen-bond acceptors (Lipinski definition) is 8. The van der Waals surface area contributed by atoms with Gasteiger partial charge in [-0.1, -0.05) is 48.0 Å². The standard InChI is InChI=1S/C37H31ClN2O7/c1-43-31-18-22(19-32(44-2)36(31)45-3)17-23-13-15-27-34(26-11-7-8-12-28(26)40-35(23)27)37(42)46-21-33(41)39-29-20-24(38)14-16-30(29)47-25-9-5-4-6-10-25/h4-12,14,16-20H,13,15,21H2,1-3H3,(H,39,41)/b23-17+. The van der Waals surface area contributed by atoms with Gasteiger partial charge in [0.05, 0.1) is 43.8 Å². The van der Waals surface area contributed by atoms with E-state index in [0.717, 1.165) is 16.7 Å². The summed E-state index contributed by atoms with van der Waals surface area (Å²) in [4.78, 5) is 31.7. The van der Waals surface area contributed by atoms with E-state index in [4.69, 9.17) is 40.3 Å². The zero-order valence-electron chi connectivity index (χ0n) is 26.0. The number of nitrogens with zero attached hydrogens (tertiary/aromatic N) is 1. The first-order valence-corrected chi connectivity index (χ1v) is 15.2. The molecule has 0 spiro atoms. The molecule has 0 saturated carbocycles. The molecule has 4 aromatic carbocycles. The molecular formula is C37H31ClN2O7. The van der Waals surface area contributed by atoms with Crippen LogP contribution in [0.2, 0.25) is 5.02 Å². The quantitative estimate of drug-likeness (QED) is 0.152. The molecule has 0 aliphatic heterocycles. The Morgan fingerprint density at radius 2 is 1.57 bits per heavy atom. The molecule has 0 atom stereocenters. The number of aromatic nitrogens is 1. The van der Waals surface area contributed by atoms with Gasteiger partial charge in [-0.05, 0) is 84.1 Å². The minimum atomic E-state index is -0.615. The molecule has 5 aromatic rings. The summed E-state index contributed by atoms with van der Waals surface area (Å²) in [5.74, 6) is 1.38. The fourth-order valence-corrected chi connectivity index (χ4v) is 5.76. The van der Waals surface area contributed by atoms with E-state index in [-0.39, 0.29) is 0 Å². The Morgan fingerprint density at radius 3 is 2.30 bits per heavy atom. The summed E-state index contributed by atoms with van der Waals surface area (Å²) >= 11 is 6.21. The second kappa shape index (κ2) is 13.8. The SMILES string of the molecule is COc1cc(/C=C2\CCc3c2nc2ccccc2c3C(=O)OCC(=O)Nc2cc(Cl)ccc2Oc2ccccc2)cc(OC)c1OC. The van der Waals surface area contributed by atoms with Crippen molar-refractivity contribution in [2.75, 3.05) is 33.3 Å². The van der Waals surface area contributed by atoms with E-state index >= 15 is 0 Å². The third kappa shape index (κ3) is 6.71. The number of carbonyl (C=O) groups excluding carboxylic acids is 2. The van der Waals surface area contributed by atoms with E-state index in [1.165, 1.54) is 0 Å². The summed E-state index contributed by atoms with van der Waals surface area (Å²) in [7, 11) is 4.69. The first kappa shape index (κ1) is 31.4. The van der Waals surface area contributed by atoms with E-state index < -0.39 is 18.5 Å². The summed E-state index contributed by atoms with van der Waals surface area (Å²) in [6.45, 7) is -0.518. The van der Waals surface area contributed by atoms with Crippen molar-refractivity contribution in [3.05, 3.63) is 112 Å². The van der Waals surface area contributed by atoms with Gasteiger partial charge in [0.25, 0.3) is 5.91 Å². The lowest BCUT2D eigenvalue weighted by Gasteiger charge is -2.14. The van der Waals surface area contributed by atoms with E-state index in [9.17, 15) is 9.59 Å². The second-order valence-electron chi connectivity index (χ2n) is 10.6. The number of esters is 1. The van der Waals surface area contributed by atoms with Gasteiger partial charge in [0.2, 0.25) is 5.75 Å². The Bertz CT molecular complexity index is 1990. The van der Waals surface area contributed by atoms with Gasteiger partial charge in [0.1, 0.15) is 5.75 Å². The first-order chi connectivity index (χ1) is 22.9. The van der Waals surface area contributed by atoms with Gasteiger partial charge < -0.3 is 29.0 Å². The molecule has 1 amide bonds. The van der Waals surface area contributed by atoms with E-state index in [1.54, 1.807) is 51.7 Å². The van der Waals surface area contributed by atoms with Crippen molar-refractivity contribution in [1.82, 2.24) is 4.98 Å². The lowest BCUT2D eigenvalue weighted by Crippen LogP contribution is -2.22. The molecule has 47 heavy (non-hydrogen) atoms. The number of ether oxygens (including phenoxy) is 5. The van der Waals surface area contributed by atoms with Crippen LogP contribution in [0.25, 0.3) is 22.6 Å².